The highest BCUT2D eigenvalue weighted by Gasteiger charge is 2.21. The number of carbonyl (C=O) groups excluding carboxylic acids is 1. The summed E-state index contributed by atoms with van der Waals surface area (Å²) < 4.78 is 15.5. The Kier molecular flexibility index (Phi) is 5.70. The van der Waals surface area contributed by atoms with Crippen molar-refractivity contribution in [2.45, 2.75) is 0 Å². The molecule has 0 spiro atoms. The van der Waals surface area contributed by atoms with E-state index in [0.29, 0.717) is 24.6 Å². The molecule has 0 aliphatic rings. The number of anilines is 1. The third kappa shape index (κ3) is 4.07. The molecule has 0 aliphatic heterocycles. The van der Waals surface area contributed by atoms with E-state index in [9.17, 15) is 4.79 Å². The summed E-state index contributed by atoms with van der Waals surface area (Å²) in [6.07, 6.45) is 1.26. The number of methoxy groups -OCH3 is 2. The maximum atomic E-state index is 12.4. The van der Waals surface area contributed by atoms with E-state index in [1.807, 2.05) is 0 Å². The predicted molar refractivity (Wildman–Crippen MR) is 84.1 cm³/mol. The van der Waals surface area contributed by atoms with Crippen LogP contribution < -0.4 is 25.3 Å². The van der Waals surface area contributed by atoms with Crippen LogP contribution in [0.25, 0.3) is 0 Å². The lowest BCUT2D eigenvalue weighted by atomic mass is 10.2. The molecular weight excluding hydrogens is 300 g/mol. The lowest BCUT2D eigenvalue weighted by Gasteiger charge is -2.11. The quantitative estimate of drug-likeness (QED) is 0.786. The lowest BCUT2D eigenvalue weighted by Crippen LogP contribution is -2.16. The zero-order valence-electron chi connectivity index (χ0n) is 12.9. The molecule has 8 heteroatoms. The molecule has 2 rings (SSSR count). The fraction of sp³-hybridized carbons (Fsp3) is 0.267. The third-order valence-corrected chi connectivity index (χ3v) is 2.89. The number of nitrogens with zero attached hydrogens (tertiary/aromatic N) is 2. The van der Waals surface area contributed by atoms with Crippen molar-refractivity contribution in [1.29, 1.82) is 0 Å². The standard InChI is InChI=1S/C15H18N4O4/c1-21-14-12(15(22-2)18-9-17-14)13(20)19-10-3-5-11(6-4-10)23-8-7-16/h3-6,9H,7-8,16H2,1-2H3,(H,19,20). The number of carbonyl (C=O) groups is 1. The summed E-state index contributed by atoms with van der Waals surface area (Å²) in [6, 6.07) is 6.90. The average molecular weight is 318 g/mol. The molecule has 122 valence electrons. The maximum Gasteiger partial charge on any atom is 0.266 e. The summed E-state index contributed by atoms with van der Waals surface area (Å²) in [5.74, 6) is 0.510. The van der Waals surface area contributed by atoms with E-state index >= 15 is 0 Å². The van der Waals surface area contributed by atoms with Crippen LogP contribution in [-0.2, 0) is 0 Å². The summed E-state index contributed by atoms with van der Waals surface area (Å²) in [4.78, 5) is 20.3. The zero-order valence-corrected chi connectivity index (χ0v) is 12.9. The van der Waals surface area contributed by atoms with Crippen molar-refractivity contribution < 1.29 is 19.0 Å². The lowest BCUT2D eigenvalue weighted by molar-refractivity contribution is 0.101. The number of benzene rings is 1. The van der Waals surface area contributed by atoms with Gasteiger partial charge in [-0.05, 0) is 24.3 Å². The van der Waals surface area contributed by atoms with Gasteiger partial charge in [-0.1, -0.05) is 0 Å². The SMILES string of the molecule is COc1ncnc(OC)c1C(=O)Nc1ccc(OCCN)cc1. The fourth-order valence-corrected chi connectivity index (χ4v) is 1.86. The Morgan fingerprint density at radius 3 is 2.26 bits per heavy atom. The minimum Gasteiger partial charge on any atom is -0.492 e. The first kappa shape index (κ1) is 16.5. The smallest absolute Gasteiger partial charge is 0.266 e. The van der Waals surface area contributed by atoms with Crippen molar-refractivity contribution in [2.24, 2.45) is 5.73 Å². The highest BCUT2D eigenvalue weighted by molar-refractivity contribution is 6.07. The van der Waals surface area contributed by atoms with E-state index in [0.717, 1.165) is 0 Å². The predicted octanol–water partition coefficient (Wildman–Crippen LogP) is 1.08. The monoisotopic (exact) mass is 318 g/mol. The largest absolute Gasteiger partial charge is 0.492 e. The maximum absolute atomic E-state index is 12.4. The normalized spacial score (nSPS) is 10.0. The van der Waals surface area contributed by atoms with Crippen molar-refractivity contribution in [3.05, 3.63) is 36.2 Å². The Labute approximate surface area is 133 Å². The van der Waals surface area contributed by atoms with E-state index < -0.39 is 5.91 Å². The number of hydrogen-bond acceptors (Lipinski definition) is 7. The first-order valence-corrected chi connectivity index (χ1v) is 6.86. The topological polar surface area (TPSA) is 109 Å². The highest BCUT2D eigenvalue weighted by Crippen LogP contribution is 2.25. The van der Waals surface area contributed by atoms with E-state index in [-0.39, 0.29) is 17.3 Å². The second-order valence-electron chi connectivity index (χ2n) is 4.38. The Bertz CT molecular complexity index is 639. The number of amides is 1. The molecule has 1 amide bonds. The van der Waals surface area contributed by atoms with Crippen molar-refractivity contribution >= 4 is 11.6 Å². The summed E-state index contributed by atoms with van der Waals surface area (Å²) in [7, 11) is 2.84. The van der Waals surface area contributed by atoms with Gasteiger partial charge in [0.25, 0.3) is 5.91 Å². The van der Waals surface area contributed by atoms with E-state index in [4.69, 9.17) is 19.9 Å². The zero-order chi connectivity index (χ0) is 16.7. The average Bonchev–Trinajstić information content (AvgIpc) is 2.60. The number of nitrogens with one attached hydrogen (secondary N) is 1. The van der Waals surface area contributed by atoms with Gasteiger partial charge in [0.2, 0.25) is 11.8 Å². The summed E-state index contributed by atoms with van der Waals surface area (Å²) in [5, 5.41) is 2.73. The Morgan fingerprint density at radius 1 is 1.13 bits per heavy atom. The number of rotatable bonds is 7. The van der Waals surface area contributed by atoms with Crippen LogP contribution in [0.1, 0.15) is 10.4 Å². The molecule has 23 heavy (non-hydrogen) atoms. The first-order chi connectivity index (χ1) is 11.2. The third-order valence-electron chi connectivity index (χ3n) is 2.89. The molecule has 0 saturated heterocycles. The summed E-state index contributed by atoms with van der Waals surface area (Å²) >= 11 is 0. The highest BCUT2D eigenvalue weighted by atomic mass is 16.5. The molecule has 0 bridgehead atoms. The molecule has 1 aromatic carbocycles. The Morgan fingerprint density at radius 2 is 1.74 bits per heavy atom. The van der Waals surface area contributed by atoms with Crippen LogP contribution in [0.2, 0.25) is 0 Å². The van der Waals surface area contributed by atoms with E-state index in [1.165, 1.54) is 20.5 Å². The van der Waals surface area contributed by atoms with Crippen LogP contribution in [0.15, 0.2) is 30.6 Å². The molecule has 0 atom stereocenters. The van der Waals surface area contributed by atoms with Gasteiger partial charge in [-0.2, -0.15) is 0 Å². The van der Waals surface area contributed by atoms with Gasteiger partial charge in [0, 0.05) is 12.2 Å². The number of aromatic nitrogens is 2. The van der Waals surface area contributed by atoms with Crippen molar-refractivity contribution in [3.63, 3.8) is 0 Å². The minimum absolute atomic E-state index is 0.126. The fourth-order valence-electron chi connectivity index (χ4n) is 1.86. The second kappa shape index (κ2) is 7.95. The first-order valence-electron chi connectivity index (χ1n) is 6.86. The molecule has 1 aromatic heterocycles. The van der Waals surface area contributed by atoms with Gasteiger partial charge >= 0.3 is 0 Å². The van der Waals surface area contributed by atoms with Crippen molar-refractivity contribution in [1.82, 2.24) is 9.97 Å². The van der Waals surface area contributed by atoms with Gasteiger partial charge in [0.15, 0.2) is 5.56 Å². The number of ether oxygens (including phenoxy) is 3. The molecule has 0 saturated carbocycles. The Balaban J connectivity index is 2.16. The van der Waals surface area contributed by atoms with Gasteiger partial charge in [-0.3, -0.25) is 4.79 Å². The minimum atomic E-state index is -0.435. The van der Waals surface area contributed by atoms with Gasteiger partial charge in [0.05, 0.1) is 14.2 Å². The second-order valence-corrected chi connectivity index (χ2v) is 4.38. The Hall–Kier alpha value is -2.87. The van der Waals surface area contributed by atoms with Gasteiger partial charge < -0.3 is 25.3 Å². The van der Waals surface area contributed by atoms with Crippen LogP contribution in [0.3, 0.4) is 0 Å². The van der Waals surface area contributed by atoms with Crippen LogP contribution in [0.5, 0.6) is 17.5 Å². The van der Waals surface area contributed by atoms with E-state index in [1.54, 1.807) is 24.3 Å². The molecule has 1 heterocycles. The molecule has 8 nitrogen and oxygen atoms in total. The summed E-state index contributed by atoms with van der Waals surface area (Å²) in [6.45, 7) is 0.869. The van der Waals surface area contributed by atoms with Gasteiger partial charge in [-0.15, -0.1) is 0 Å². The molecule has 3 N–H and O–H groups in total. The van der Waals surface area contributed by atoms with Crippen molar-refractivity contribution in [3.8, 4) is 17.5 Å². The molecular formula is C15H18N4O4. The van der Waals surface area contributed by atoms with Crippen LogP contribution in [0.4, 0.5) is 5.69 Å². The molecule has 2 aromatic rings. The van der Waals surface area contributed by atoms with Gasteiger partial charge in [0.1, 0.15) is 18.7 Å². The molecule has 0 aliphatic carbocycles. The molecule has 0 radical (unpaired) electrons. The number of hydrogen-bond donors (Lipinski definition) is 2. The van der Waals surface area contributed by atoms with Gasteiger partial charge in [-0.25, -0.2) is 9.97 Å². The van der Waals surface area contributed by atoms with E-state index in [2.05, 4.69) is 15.3 Å². The molecule has 0 unspecified atom stereocenters. The van der Waals surface area contributed by atoms with Crippen molar-refractivity contribution in [2.75, 3.05) is 32.7 Å². The number of nitrogens with two attached hydrogens (primary N) is 1. The summed E-state index contributed by atoms with van der Waals surface area (Å²) in [5.41, 5.74) is 6.09. The van der Waals surface area contributed by atoms with Crippen LogP contribution in [-0.4, -0.2) is 43.2 Å². The van der Waals surface area contributed by atoms with Crippen LogP contribution in [0, 0.1) is 0 Å². The van der Waals surface area contributed by atoms with Crippen LogP contribution >= 0.6 is 0 Å². The molecule has 0 fully saturated rings.